The lowest BCUT2D eigenvalue weighted by atomic mass is 10.2. The fourth-order valence-electron chi connectivity index (χ4n) is 2.32. The Balaban J connectivity index is 2.03. The Morgan fingerprint density at radius 1 is 1.44 bits per heavy atom. The Hall–Kier alpha value is -1.42. The number of nitrogens with zero attached hydrogens (tertiary/aromatic N) is 1. The average molecular weight is 251 g/mol. The van der Waals surface area contributed by atoms with Gasteiger partial charge in [0, 0.05) is 19.5 Å². The van der Waals surface area contributed by atoms with E-state index in [1.54, 1.807) is 6.92 Å². The molecule has 1 aliphatic heterocycles. The summed E-state index contributed by atoms with van der Waals surface area (Å²) in [6.07, 6.45) is -0.700. The van der Waals surface area contributed by atoms with Crippen LogP contribution in [0.15, 0.2) is 30.3 Å². The van der Waals surface area contributed by atoms with Crippen molar-refractivity contribution in [3.63, 3.8) is 0 Å². The van der Waals surface area contributed by atoms with Crippen molar-refractivity contribution < 1.29 is 13.9 Å². The molecule has 0 saturated carbocycles. The number of likely N-dealkylation sites (tertiary alicyclic amines) is 1. The smallest absolute Gasteiger partial charge is 0.323 e. The normalized spacial score (nSPS) is 24.1. The number of ether oxygens (including phenoxy) is 1. The lowest BCUT2D eigenvalue weighted by Crippen LogP contribution is -2.36. The number of alkyl halides is 1. The van der Waals surface area contributed by atoms with Crippen molar-refractivity contribution in [3.05, 3.63) is 35.9 Å². The van der Waals surface area contributed by atoms with Gasteiger partial charge in [-0.25, -0.2) is 4.39 Å². The molecule has 98 valence electrons. The summed E-state index contributed by atoms with van der Waals surface area (Å²) >= 11 is 0. The minimum Gasteiger partial charge on any atom is -0.465 e. The Morgan fingerprint density at radius 3 is 2.83 bits per heavy atom. The molecule has 2 rings (SSSR count). The second-order valence-corrected chi connectivity index (χ2v) is 4.52. The Kier molecular flexibility index (Phi) is 4.31. The van der Waals surface area contributed by atoms with E-state index in [0.717, 1.165) is 5.56 Å². The van der Waals surface area contributed by atoms with E-state index >= 15 is 0 Å². The maximum absolute atomic E-state index is 13.5. The summed E-state index contributed by atoms with van der Waals surface area (Å²) in [5.74, 6) is -0.311. The molecule has 4 heteroatoms. The number of carbonyl (C=O) groups excluding carboxylic acids is 1. The van der Waals surface area contributed by atoms with E-state index in [2.05, 4.69) is 0 Å². The van der Waals surface area contributed by atoms with Crippen molar-refractivity contribution in [3.8, 4) is 0 Å². The molecular formula is C14H18FNO2. The number of hydrogen-bond acceptors (Lipinski definition) is 3. The van der Waals surface area contributed by atoms with Gasteiger partial charge in [0.15, 0.2) is 0 Å². The van der Waals surface area contributed by atoms with Crippen molar-refractivity contribution in [1.82, 2.24) is 4.90 Å². The van der Waals surface area contributed by atoms with Crippen molar-refractivity contribution >= 4 is 5.97 Å². The lowest BCUT2D eigenvalue weighted by Gasteiger charge is -2.22. The third kappa shape index (κ3) is 3.07. The molecule has 0 spiro atoms. The molecule has 1 aliphatic rings. The zero-order valence-corrected chi connectivity index (χ0v) is 10.5. The van der Waals surface area contributed by atoms with E-state index in [1.807, 2.05) is 35.2 Å². The second kappa shape index (κ2) is 5.96. The number of hydrogen-bond donors (Lipinski definition) is 0. The standard InChI is InChI=1S/C14H18FNO2/c1-2-18-14(17)13-8-12(15)10-16(13)9-11-6-4-3-5-7-11/h3-7,12-13H,2,8-10H2,1H3/t12-,13-/m0/s1. The molecular weight excluding hydrogens is 233 g/mol. The number of rotatable bonds is 4. The molecule has 1 fully saturated rings. The zero-order chi connectivity index (χ0) is 13.0. The van der Waals surface area contributed by atoms with Crippen molar-refractivity contribution in [2.75, 3.05) is 13.2 Å². The molecule has 0 unspecified atom stereocenters. The summed E-state index contributed by atoms with van der Waals surface area (Å²) in [7, 11) is 0. The molecule has 0 bridgehead atoms. The molecule has 0 N–H and O–H groups in total. The number of halogens is 1. The third-order valence-corrected chi connectivity index (χ3v) is 3.14. The highest BCUT2D eigenvalue weighted by atomic mass is 19.1. The lowest BCUT2D eigenvalue weighted by molar-refractivity contribution is -0.148. The number of benzene rings is 1. The molecule has 0 amide bonds. The maximum atomic E-state index is 13.5. The predicted molar refractivity (Wildman–Crippen MR) is 66.8 cm³/mol. The highest BCUT2D eigenvalue weighted by Crippen LogP contribution is 2.23. The molecule has 0 aliphatic carbocycles. The third-order valence-electron chi connectivity index (χ3n) is 3.14. The number of esters is 1. The van der Waals surface area contributed by atoms with Crippen LogP contribution in [0.5, 0.6) is 0 Å². The predicted octanol–water partition coefficient (Wildman–Crippen LogP) is 2.16. The van der Waals surface area contributed by atoms with Gasteiger partial charge in [-0.1, -0.05) is 30.3 Å². The highest BCUT2D eigenvalue weighted by Gasteiger charge is 2.37. The van der Waals surface area contributed by atoms with Crippen LogP contribution in [0, 0.1) is 0 Å². The van der Waals surface area contributed by atoms with Gasteiger partial charge in [0.1, 0.15) is 12.2 Å². The van der Waals surface area contributed by atoms with Gasteiger partial charge < -0.3 is 4.74 Å². The first-order valence-electron chi connectivity index (χ1n) is 6.29. The molecule has 1 aromatic carbocycles. The topological polar surface area (TPSA) is 29.5 Å². The zero-order valence-electron chi connectivity index (χ0n) is 10.5. The first-order valence-corrected chi connectivity index (χ1v) is 6.29. The first kappa shape index (κ1) is 13.0. The Bertz CT molecular complexity index is 396. The van der Waals surface area contributed by atoms with E-state index < -0.39 is 12.2 Å². The van der Waals surface area contributed by atoms with Gasteiger partial charge in [-0.2, -0.15) is 0 Å². The fourth-order valence-corrected chi connectivity index (χ4v) is 2.32. The van der Waals surface area contributed by atoms with Crippen LogP contribution < -0.4 is 0 Å². The molecule has 1 heterocycles. The van der Waals surface area contributed by atoms with E-state index in [-0.39, 0.29) is 12.4 Å². The van der Waals surface area contributed by atoms with Crippen molar-refractivity contribution in [2.24, 2.45) is 0 Å². The summed E-state index contributed by atoms with van der Waals surface area (Å²) in [5, 5.41) is 0. The van der Waals surface area contributed by atoms with Crippen LogP contribution in [-0.4, -0.2) is 36.2 Å². The van der Waals surface area contributed by atoms with Gasteiger partial charge in [0.2, 0.25) is 0 Å². The minimum absolute atomic E-state index is 0.242. The van der Waals surface area contributed by atoms with E-state index in [0.29, 0.717) is 19.7 Å². The maximum Gasteiger partial charge on any atom is 0.323 e. The molecule has 2 atom stereocenters. The molecule has 0 radical (unpaired) electrons. The van der Waals surface area contributed by atoms with Gasteiger partial charge in [-0.05, 0) is 12.5 Å². The summed E-state index contributed by atoms with van der Waals surface area (Å²) < 4.78 is 18.5. The average Bonchev–Trinajstić information content (AvgIpc) is 2.72. The van der Waals surface area contributed by atoms with Crippen molar-refractivity contribution in [1.29, 1.82) is 0 Å². The molecule has 1 saturated heterocycles. The highest BCUT2D eigenvalue weighted by molar-refractivity contribution is 5.76. The number of carbonyl (C=O) groups is 1. The first-order chi connectivity index (χ1) is 8.70. The fraction of sp³-hybridized carbons (Fsp3) is 0.500. The largest absolute Gasteiger partial charge is 0.465 e. The molecule has 18 heavy (non-hydrogen) atoms. The summed E-state index contributed by atoms with van der Waals surface area (Å²) in [6, 6.07) is 9.34. The van der Waals surface area contributed by atoms with Crippen LogP contribution in [0.4, 0.5) is 4.39 Å². The van der Waals surface area contributed by atoms with E-state index in [4.69, 9.17) is 4.74 Å². The van der Waals surface area contributed by atoms with E-state index in [1.165, 1.54) is 0 Å². The quantitative estimate of drug-likeness (QED) is 0.768. The van der Waals surface area contributed by atoms with E-state index in [9.17, 15) is 9.18 Å². The van der Waals surface area contributed by atoms with Crippen molar-refractivity contribution in [2.45, 2.75) is 32.1 Å². The van der Waals surface area contributed by atoms with Crippen LogP contribution in [0.1, 0.15) is 18.9 Å². The summed E-state index contributed by atoms with van der Waals surface area (Å²) in [6.45, 7) is 3.00. The van der Waals surface area contributed by atoms with Crippen LogP contribution in [0.3, 0.4) is 0 Å². The van der Waals surface area contributed by atoms with Gasteiger partial charge in [-0.3, -0.25) is 9.69 Å². The molecule has 3 nitrogen and oxygen atoms in total. The Morgan fingerprint density at radius 2 is 2.17 bits per heavy atom. The molecule has 1 aromatic rings. The van der Waals surface area contributed by atoms with Gasteiger partial charge in [0.25, 0.3) is 0 Å². The van der Waals surface area contributed by atoms with Gasteiger partial charge in [-0.15, -0.1) is 0 Å². The Labute approximate surface area is 107 Å². The second-order valence-electron chi connectivity index (χ2n) is 4.52. The van der Waals surface area contributed by atoms with Gasteiger partial charge >= 0.3 is 5.97 Å². The monoisotopic (exact) mass is 251 g/mol. The molecule has 0 aromatic heterocycles. The van der Waals surface area contributed by atoms with Crippen LogP contribution in [0.2, 0.25) is 0 Å². The van der Waals surface area contributed by atoms with Crippen LogP contribution in [0.25, 0.3) is 0 Å². The summed E-state index contributed by atoms with van der Waals surface area (Å²) in [4.78, 5) is 13.6. The van der Waals surface area contributed by atoms with Crippen LogP contribution >= 0.6 is 0 Å². The minimum atomic E-state index is -0.942. The van der Waals surface area contributed by atoms with Gasteiger partial charge in [0.05, 0.1) is 6.61 Å². The summed E-state index contributed by atoms with van der Waals surface area (Å²) in [5.41, 5.74) is 1.08. The van der Waals surface area contributed by atoms with Crippen LogP contribution in [-0.2, 0) is 16.1 Å². The SMILES string of the molecule is CCOC(=O)[C@@H]1C[C@H](F)CN1Cc1ccccc1.